The summed E-state index contributed by atoms with van der Waals surface area (Å²) in [5.74, 6) is 0. The normalized spacial score (nSPS) is 24.0. The van der Waals surface area contributed by atoms with Crippen molar-refractivity contribution in [2.45, 2.75) is 12.8 Å². The second-order valence-corrected chi connectivity index (χ2v) is 1.50. The Morgan fingerprint density at radius 2 is 1.83 bits per heavy atom. The first-order chi connectivity index (χ1) is 3.00. The lowest BCUT2D eigenvalue weighted by Gasteiger charge is -2.07. The first-order valence-electron chi connectivity index (χ1n) is 2.41. The molecule has 0 atom stereocenters. The predicted octanol–water partition coefficient (Wildman–Crippen LogP) is 0.451. The highest BCUT2D eigenvalue weighted by atomic mass is 14.9. The summed E-state index contributed by atoms with van der Waals surface area (Å²) in [6.07, 6.45) is 5.50. The van der Waals surface area contributed by atoms with Gasteiger partial charge in [0.25, 0.3) is 0 Å². The molecular formula is C5H9N. The lowest BCUT2D eigenvalue weighted by Crippen LogP contribution is -2.21. The van der Waals surface area contributed by atoms with E-state index in [1.165, 1.54) is 0 Å². The largest absolute Gasteiger partial charge is 0.317 e. The van der Waals surface area contributed by atoms with Crippen molar-refractivity contribution >= 4 is 0 Å². The van der Waals surface area contributed by atoms with Crippen LogP contribution in [-0.2, 0) is 0 Å². The van der Waals surface area contributed by atoms with Crippen LogP contribution in [0.15, 0.2) is 0 Å². The molecule has 2 radical (unpaired) electrons. The molecule has 0 aromatic carbocycles. The second-order valence-electron chi connectivity index (χ2n) is 1.50. The Balaban J connectivity index is 2.00. The molecule has 0 amide bonds. The van der Waals surface area contributed by atoms with Crippen molar-refractivity contribution in [3.63, 3.8) is 0 Å². The van der Waals surface area contributed by atoms with Gasteiger partial charge in [-0.05, 0) is 32.4 Å². The molecule has 0 aromatic heterocycles. The number of rotatable bonds is 0. The van der Waals surface area contributed by atoms with E-state index in [9.17, 15) is 0 Å². The molecule has 1 heterocycles. The minimum Gasteiger partial charge on any atom is -0.317 e. The van der Waals surface area contributed by atoms with E-state index in [1.807, 2.05) is 0 Å². The summed E-state index contributed by atoms with van der Waals surface area (Å²) in [7, 11) is 0. The smallest absolute Gasteiger partial charge is 0.00432 e. The highest BCUT2D eigenvalue weighted by Crippen LogP contribution is 1.94. The maximum atomic E-state index is 3.22. The average Bonchev–Trinajstić information content (AvgIpc) is 1.72. The molecule has 1 saturated heterocycles. The molecule has 1 nitrogen and oxygen atoms in total. The molecule has 1 rings (SSSR count). The number of piperidine rings is 1. The molecule has 34 valence electrons. The van der Waals surface area contributed by atoms with Gasteiger partial charge in [0, 0.05) is 0 Å². The van der Waals surface area contributed by atoms with E-state index >= 15 is 0 Å². The van der Waals surface area contributed by atoms with Gasteiger partial charge in [-0.3, -0.25) is 0 Å². The molecule has 0 spiro atoms. The van der Waals surface area contributed by atoms with Gasteiger partial charge in [0.05, 0.1) is 0 Å². The van der Waals surface area contributed by atoms with E-state index in [0.717, 1.165) is 25.9 Å². The Hall–Kier alpha value is -0.0400. The van der Waals surface area contributed by atoms with Gasteiger partial charge < -0.3 is 5.32 Å². The van der Waals surface area contributed by atoms with Crippen LogP contribution in [0.3, 0.4) is 0 Å². The molecule has 0 bridgehead atoms. The third kappa shape index (κ3) is 0.977. The number of hydrogen-bond acceptors (Lipinski definition) is 1. The Labute approximate surface area is 38.7 Å². The van der Waals surface area contributed by atoms with Crippen LogP contribution in [0.2, 0.25) is 0 Å². The highest BCUT2D eigenvalue weighted by Gasteiger charge is 1.94. The molecule has 1 fully saturated rings. The summed E-state index contributed by atoms with van der Waals surface area (Å²) in [4.78, 5) is 0. The summed E-state index contributed by atoms with van der Waals surface area (Å²) in [5.41, 5.74) is 0. The third-order valence-electron chi connectivity index (χ3n) is 0.957. The molecule has 1 N–H and O–H groups in total. The molecule has 1 aliphatic rings. The minimum atomic E-state index is 1.14. The van der Waals surface area contributed by atoms with Crippen LogP contribution in [0, 0.1) is 6.42 Å². The fraction of sp³-hybridized carbons (Fsp3) is 0.800. The zero-order valence-electron chi connectivity index (χ0n) is 3.83. The predicted molar refractivity (Wildman–Crippen MR) is 25.3 cm³/mol. The topological polar surface area (TPSA) is 12.0 Å². The van der Waals surface area contributed by atoms with Crippen molar-refractivity contribution in [2.75, 3.05) is 13.1 Å². The first kappa shape index (κ1) is 4.13. The van der Waals surface area contributed by atoms with Crippen LogP contribution in [0.5, 0.6) is 0 Å². The van der Waals surface area contributed by atoms with E-state index in [-0.39, 0.29) is 0 Å². The number of hydrogen-bond donors (Lipinski definition) is 1. The van der Waals surface area contributed by atoms with Crippen LogP contribution in [0.1, 0.15) is 12.8 Å². The summed E-state index contributed by atoms with van der Waals surface area (Å²) in [6.45, 7) is 2.28. The molecule has 1 heteroatoms. The van der Waals surface area contributed by atoms with Gasteiger partial charge in [-0.1, -0.05) is 0 Å². The fourth-order valence-electron chi connectivity index (χ4n) is 0.604. The monoisotopic (exact) mass is 83.1 g/mol. The van der Waals surface area contributed by atoms with E-state index in [2.05, 4.69) is 11.7 Å². The highest BCUT2D eigenvalue weighted by molar-refractivity contribution is 4.72. The summed E-state index contributed by atoms with van der Waals surface area (Å²) in [5, 5.41) is 3.22. The van der Waals surface area contributed by atoms with Gasteiger partial charge in [-0.2, -0.15) is 0 Å². The van der Waals surface area contributed by atoms with Crippen molar-refractivity contribution < 1.29 is 0 Å². The van der Waals surface area contributed by atoms with Gasteiger partial charge in [0.1, 0.15) is 0 Å². The average molecular weight is 83.1 g/mol. The van der Waals surface area contributed by atoms with Crippen molar-refractivity contribution in [1.82, 2.24) is 5.32 Å². The zero-order valence-corrected chi connectivity index (χ0v) is 3.83. The molecule has 1 aliphatic heterocycles. The SMILES string of the molecule is [C]1CCNCC1. The van der Waals surface area contributed by atoms with Gasteiger partial charge >= 0.3 is 0 Å². The number of nitrogens with one attached hydrogen (secondary N) is 1. The van der Waals surface area contributed by atoms with Crippen LogP contribution in [0.25, 0.3) is 0 Å². The molecule has 0 aromatic rings. The van der Waals surface area contributed by atoms with Crippen molar-refractivity contribution in [3.8, 4) is 0 Å². The zero-order chi connectivity index (χ0) is 4.24. The Morgan fingerprint density at radius 1 is 1.17 bits per heavy atom. The van der Waals surface area contributed by atoms with E-state index in [1.54, 1.807) is 0 Å². The van der Waals surface area contributed by atoms with Gasteiger partial charge in [0.2, 0.25) is 0 Å². The summed E-state index contributed by atoms with van der Waals surface area (Å²) in [6, 6.07) is 0. The Kier molecular flexibility index (Phi) is 1.51. The van der Waals surface area contributed by atoms with Crippen molar-refractivity contribution in [1.29, 1.82) is 0 Å². The fourth-order valence-corrected chi connectivity index (χ4v) is 0.604. The lowest BCUT2D eigenvalue weighted by atomic mass is 10.2. The maximum Gasteiger partial charge on any atom is -0.00432 e. The third-order valence-corrected chi connectivity index (χ3v) is 0.957. The van der Waals surface area contributed by atoms with E-state index in [4.69, 9.17) is 0 Å². The molecule has 0 saturated carbocycles. The van der Waals surface area contributed by atoms with Gasteiger partial charge in [-0.25, -0.2) is 0 Å². The standard InChI is InChI=1S/C5H9N/c1-2-4-6-5-3-1/h6H,2-5H2. The summed E-state index contributed by atoms with van der Waals surface area (Å²) >= 11 is 0. The maximum absolute atomic E-state index is 3.22. The first-order valence-corrected chi connectivity index (χ1v) is 2.41. The minimum absolute atomic E-state index is 1.14. The Morgan fingerprint density at radius 3 is 2.00 bits per heavy atom. The molecule has 0 unspecified atom stereocenters. The van der Waals surface area contributed by atoms with E-state index < -0.39 is 0 Å². The molecule has 0 aliphatic carbocycles. The van der Waals surface area contributed by atoms with Gasteiger partial charge in [-0.15, -0.1) is 0 Å². The Bertz CT molecular complexity index is 19.4. The quantitative estimate of drug-likeness (QED) is 0.448. The van der Waals surface area contributed by atoms with Crippen LogP contribution >= 0.6 is 0 Å². The molecule has 6 heavy (non-hydrogen) atoms. The van der Waals surface area contributed by atoms with Crippen molar-refractivity contribution in [3.05, 3.63) is 6.42 Å². The van der Waals surface area contributed by atoms with Crippen molar-refractivity contribution in [2.24, 2.45) is 0 Å². The van der Waals surface area contributed by atoms with Gasteiger partial charge in [0.15, 0.2) is 0 Å². The summed E-state index contributed by atoms with van der Waals surface area (Å²) < 4.78 is 0. The second kappa shape index (κ2) is 2.19. The lowest BCUT2D eigenvalue weighted by molar-refractivity contribution is 0.604. The van der Waals surface area contributed by atoms with Crippen LogP contribution in [0.4, 0.5) is 0 Å². The molecular weight excluding hydrogens is 74.1 g/mol. The van der Waals surface area contributed by atoms with Crippen LogP contribution < -0.4 is 5.32 Å². The van der Waals surface area contributed by atoms with E-state index in [0.29, 0.717) is 0 Å². The van der Waals surface area contributed by atoms with Crippen LogP contribution in [-0.4, -0.2) is 13.1 Å².